The quantitative estimate of drug-likeness (QED) is 0.225. The summed E-state index contributed by atoms with van der Waals surface area (Å²) in [6, 6.07) is 29.8. The molecule has 5 aromatic rings. The topological polar surface area (TPSA) is 90.7 Å². The Labute approximate surface area is 297 Å². The number of aromatic nitrogens is 1. The van der Waals surface area contributed by atoms with Gasteiger partial charge in [-0.05, 0) is 80.1 Å². The molecule has 1 atom stereocenters. The molecule has 1 aromatic heterocycles. The Balaban J connectivity index is 1.17. The lowest BCUT2D eigenvalue weighted by molar-refractivity contribution is 0.0535. The van der Waals surface area contributed by atoms with Crippen molar-refractivity contribution in [3.05, 3.63) is 131 Å². The minimum absolute atomic E-state index is 0.0123. The molecule has 0 aliphatic carbocycles. The first-order valence-corrected chi connectivity index (χ1v) is 17.4. The van der Waals surface area contributed by atoms with Crippen molar-refractivity contribution < 1.29 is 24.2 Å². The van der Waals surface area contributed by atoms with Crippen LogP contribution in [0.2, 0.25) is 0 Å². The molecule has 1 fully saturated rings. The van der Waals surface area contributed by atoms with Gasteiger partial charge in [0.25, 0.3) is 11.8 Å². The van der Waals surface area contributed by atoms with Crippen molar-refractivity contribution >= 4 is 23.2 Å². The van der Waals surface area contributed by atoms with Crippen LogP contribution in [0.5, 0.6) is 17.2 Å². The third-order valence-electron chi connectivity index (χ3n) is 10.2. The number of aromatic hydroxyl groups is 1. The molecule has 3 aliphatic heterocycles. The fourth-order valence-electron chi connectivity index (χ4n) is 7.41. The number of rotatable bonds is 7. The van der Waals surface area contributed by atoms with Gasteiger partial charge in [0.2, 0.25) is 6.79 Å². The molecular weight excluding hydrogens is 642 g/mol. The summed E-state index contributed by atoms with van der Waals surface area (Å²) >= 11 is 0. The molecule has 0 bridgehead atoms. The largest absolute Gasteiger partial charge is 0.508 e. The summed E-state index contributed by atoms with van der Waals surface area (Å²) < 4.78 is 13.5. The van der Waals surface area contributed by atoms with E-state index < -0.39 is 0 Å². The molecule has 8 rings (SSSR count). The molecule has 4 aromatic carbocycles. The molecule has 10 nitrogen and oxygen atoms in total. The predicted molar refractivity (Wildman–Crippen MR) is 195 cm³/mol. The van der Waals surface area contributed by atoms with Crippen molar-refractivity contribution in [1.29, 1.82) is 0 Å². The highest BCUT2D eigenvalue weighted by molar-refractivity contribution is 6.11. The molecule has 4 heterocycles. The van der Waals surface area contributed by atoms with E-state index in [0.717, 1.165) is 50.4 Å². The minimum atomic E-state index is -0.248. The number of nitrogens with zero attached hydrogens (tertiary/aromatic N) is 5. The summed E-state index contributed by atoms with van der Waals surface area (Å²) in [7, 11) is 2.15. The maximum Gasteiger partial charge on any atom is 0.264 e. The number of para-hydroxylation sites is 1. The van der Waals surface area contributed by atoms with Crippen LogP contribution in [0.25, 0.3) is 5.69 Å². The average molecular weight is 684 g/mol. The van der Waals surface area contributed by atoms with Gasteiger partial charge in [0.05, 0.1) is 16.8 Å². The first-order chi connectivity index (χ1) is 24.8. The molecule has 260 valence electrons. The number of fused-ring (bicyclic) bond motifs is 2. The molecule has 3 aliphatic rings. The Kier molecular flexibility index (Phi) is 8.71. The molecule has 51 heavy (non-hydrogen) atoms. The SMILES string of the molecule is Cc1cc(C(=O)N(c2ccccc2)c2ccc(O)cc2)cn1-c1cc2c(cc1C(=O)N1Cc3ccccc3C[C@H]1CN1CCN(C)CC1)OCO2. The number of phenolic OH excluding ortho intramolecular Hbond substituents is 1. The van der Waals surface area contributed by atoms with E-state index in [0.29, 0.717) is 46.2 Å². The average Bonchev–Trinajstić information content (AvgIpc) is 3.78. The normalized spacial score (nSPS) is 17.3. The van der Waals surface area contributed by atoms with Crippen LogP contribution in [-0.2, 0) is 13.0 Å². The van der Waals surface area contributed by atoms with Gasteiger partial charge in [-0.1, -0.05) is 42.5 Å². The fraction of sp³-hybridized carbons (Fsp3) is 0.268. The number of hydrogen-bond acceptors (Lipinski definition) is 7. The van der Waals surface area contributed by atoms with Gasteiger partial charge in [-0.2, -0.15) is 0 Å². The van der Waals surface area contributed by atoms with Crippen LogP contribution in [0.4, 0.5) is 11.4 Å². The van der Waals surface area contributed by atoms with Crippen molar-refractivity contribution in [3.63, 3.8) is 0 Å². The molecule has 1 N–H and O–H groups in total. The van der Waals surface area contributed by atoms with Gasteiger partial charge in [-0.3, -0.25) is 19.4 Å². The predicted octanol–water partition coefficient (Wildman–Crippen LogP) is 6.01. The molecule has 0 radical (unpaired) electrons. The van der Waals surface area contributed by atoms with Crippen LogP contribution < -0.4 is 14.4 Å². The monoisotopic (exact) mass is 683 g/mol. The van der Waals surface area contributed by atoms with E-state index in [1.165, 1.54) is 5.56 Å². The second-order valence-electron chi connectivity index (χ2n) is 13.6. The van der Waals surface area contributed by atoms with Gasteiger partial charge in [0.1, 0.15) is 5.75 Å². The minimum Gasteiger partial charge on any atom is -0.508 e. The van der Waals surface area contributed by atoms with E-state index in [-0.39, 0.29) is 30.4 Å². The molecular formula is C41H41N5O5. The molecule has 0 unspecified atom stereocenters. The summed E-state index contributed by atoms with van der Waals surface area (Å²) in [6.45, 7) is 7.25. The second kappa shape index (κ2) is 13.6. The highest BCUT2D eigenvalue weighted by atomic mass is 16.7. The summed E-state index contributed by atoms with van der Waals surface area (Å²) in [4.78, 5) is 37.8. The second-order valence-corrected chi connectivity index (χ2v) is 13.6. The van der Waals surface area contributed by atoms with Crippen molar-refractivity contribution in [2.45, 2.75) is 25.9 Å². The summed E-state index contributed by atoms with van der Waals surface area (Å²) in [5, 5.41) is 9.96. The van der Waals surface area contributed by atoms with Gasteiger partial charge in [0.15, 0.2) is 11.5 Å². The van der Waals surface area contributed by atoms with Gasteiger partial charge in [0, 0.05) is 74.6 Å². The van der Waals surface area contributed by atoms with Gasteiger partial charge in [-0.15, -0.1) is 0 Å². The fourth-order valence-corrected chi connectivity index (χ4v) is 7.41. The van der Waals surface area contributed by atoms with E-state index in [9.17, 15) is 14.7 Å². The number of aryl methyl sites for hydroxylation is 1. The number of anilines is 2. The zero-order valence-electron chi connectivity index (χ0n) is 28.9. The lowest BCUT2D eigenvalue weighted by Crippen LogP contribution is -2.53. The first kappa shape index (κ1) is 32.6. The number of carbonyl (C=O) groups excluding carboxylic acids is 2. The van der Waals surface area contributed by atoms with Crippen molar-refractivity contribution in [1.82, 2.24) is 19.3 Å². The van der Waals surface area contributed by atoms with E-state index in [1.807, 2.05) is 64.9 Å². The zero-order valence-corrected chi connectivity index (χ0v) is 28.9. The lowest BCUT2D eigenvalue weighted by atomic mass is 9.92. The highest BCUT2D eigenvalue weighted by Crippen LogP contribution is 2.39. The smallest absolute Gasteiger partial charge is 0.264 e. The van der Waals surface area contributed by atoms with Crippen LogP contribution in [0.1, 0.15) is 37.5 Å². The van der Waals surface area contributed by atoms with E-state index >= 15 is 0 Å². The first-order valence-electron chi connectivity index (χ1n) is 17.4. The Bertz CT molecular complexity index is 2070. The van der Waals surface area contributed by atoms with E-state index in [1.54, 1.807) is 41.4 Å². The van der Waals surface area contributed by atoms with Crippen LogP contribution in [-0.4, -0.2) is 88.8 Å². The summed E-state index contributed by atoms with van der Waals surface area (Å²) in [6.07, 6.45) is 2.57. The van der Waals surface area contributed by atoms with Crippen LogP contribution >= 0.6 is 0 Å². The molecule has 2 amide bonds. The van der Waals surface area contributed by atoms with Crippen LogP contribution in [0.3, 0.4) is 0 Å². The number of benzene rings is 4. The number of phenols is 1. The Morgan fingerprint density at radius 3 is 2.24 bits per heavy atom. The van der Waals surface area contributed by atoms with Gasteiger partial charge < -0.3 is 28.9 Å². The molecule has 0 saturated carbocycles. The Morgan fingerprint density at radius 1 is 0.824 bits per heavy atom. The molecule has 0 spiro atoms. The lowest BCUT2D eigenvalue weighted by Gasteiger charge is -2.41. The van der Waals surface area contributed by atoms with Crippen molar-refractivity contribution in [2.75, 3.05) is 51.5 Å². The maximum absolute atomic E-state index is 15.0. The summed E-state index contributed by atoms with van der Waals surface area (Å²) in [5.74, 6) is 0.855. The molecule has 10 heteroatoms. The number of amides is 2. The summed E-state index contributed by atoms with van der Waals surface area (Å²) in [5.41, 5.74) is 6.07. The van der Waals surface area contributed by atoms with Crippen LogP contribution in [0.15, 0.2) is 103 Å². The molecule has 1 saturated heterocycles. The third-order valence-corrected chi connectivity index (χ3v) is 10.2. The zero-order chi connectivity index (χ0) is 35.1. The maximum atomic E-state index is 15.0. The number of piperazine rings is 1. The van der Waals surface area contributed by atoms with Gasteiger partial charge >= 0.3 is 0 Å². The number of ether oxygens (including phenoxy) is 2. The standard InChI is InChI=1S/C41H41N5O5/c1-28-20-31(40(48)46(32-10-4-3-5-11-32)33-12-14-35(47)15-13-33)25-44(28)37-23-39-38(50-27-51-39)22-36(37)41(49)45-24-30-9-7-6-8-29(30)21-34(45)26-43-18-16-42(2)17-19-43/h3-15,20,22-23,25,34,47H,16-19,21,24,26-27H2,1-2H3/t34-/m0/s1. The van der Waals surface area contributed by atoms with Crippen molar-refractivity contribution in [2.24, 2.45) is 0 Å². The third kappa shape index (κ3) is 6.44. The highest BCUT2D eigenvalue weighted by Gasteiger charge is 2.35. The number of likely N-dealkylation sites (N-methyl/N-ethyl adjacent to an activating group) is 1. The van der Waals surface area contributed by atoms with Crippen LogP contribution in [0, 0.1) is 6.92 Å². The number of carbonyl (C=O) groups is 2. The number of hydrogen-bond donors (Lipinski definition) is 1. The Morgan fingerprint density at radius 2 is 1.49 bits per heavy atom. The van der Waals surface area contributed by atoms with Crippen molar-refractivity contribution in [3.8, 4) is 22.9 Å². The van der Waals surface area contributed by atoms with Gasteiger partial charge in [-0.25, -0.2) is 0 Å². The Hall–Kier alpha value is -5.58. The van der Waals surface area contributed by atoms with E-state index in [2.05, 4.69) is 35.0 Å². The van der Waals surface area contributed by atoms with E-state index in [4.69, 9.17) is 9.47 Å².